The minimum atomic E-state index is 0. The van der Waals surface area contributed by atoms with E-state index in [2.05, 4.69) is 4.90 Å². The molecule has 1 heterocycles. The van der Waals surface area contributed by atoms with Gasteiger partial charge in [0.1, 0.15) is 5.78 Å². The van der Waals surface area contributed by atoms with Crippen molar-refractivity contribution in [3.05, 3.63) is 0 Å². The van der Waals surface area contributed by atoms with Gasteiger partial charge in [-0.3, -0.25) is 9.69 Å². The van der Waals surface area contributed by atoms with Crippen LogP contribution in [-0.2, 0) is 4.79 Å². The van der Waals surface area contributed by atoms with Crippen molar-refractivity contribution >= 4 is 5.78 Å². The summed E-state index contributed by atoms with van der Waals surface area (Å²) in [7, 11) is 2.01. The van der Waals surface area contributed by atoms with Crippen LogP contribution in [0.1, 0.15) is 33.6 Å². The smallest absolute Gasteiger partial charge is 0.146 e. The van der Waals surface area contributed by atoms with Crippen LogP contribution in [-0.4, -0.2) is 30.3 Å². The van der Waals surface area contributed by atoms with E-state index in [1.54, 1.807) is 6.92 Å². The number of likely N-dealkylation sites (tertiary alicyclic amines) is 1. The van der Waals surface area contributed by atoms with Gasteiger partial charge in [0.2, 0.25) is 0 Å². The van der Waals surface area contributed by atoms with Gasteiger partial charge in [-0.2, -0.15) is 0 Å². The number of hydrogen-bond donors (Lipinski definition) is 1. The molecular formula is C9H22N2O. The number of rotatable bonds is 1. The van der Waals surface area contributed by atoms with Gasteiger partial charge in [0.15, 0.2) is 0 Å². The minimum absolute atomic E-state index is 0. The highest BCUT2D eigenvalue weighted by Gasteiger charge is 2.23. The quantitative estimate of drug-likeness (QED) is 0.660. The molecule has 1 atom stereocenters. The molecule has 0 aromatic carbocycles. The second kappa shape index (κ2) is 7.25. The Morgan fingerprint density at radius 3 is 2.08 bits per heavy atom. The Hall–Kier alpha value is -0.410. The largest absolute Gasteiger partial charge is 0.344 e. The Morgan fingerprint density at radius 2 is 1.92 bits per heavy atom. The number of carbonyl (C=O) groups excluding carboxylic acids is 1. The molecule has 3 heteroatoms. The Labute approximate surface area is 75.7 Å². The summed E-state index contributed by atoms with van der Waals surface area (Å²) in [5.41, 5.74) is 0. The van der Waals surface area contributed by atoms with Crippen molar-refractivity contribution < 1.29 is 4.79 Å². The fourth-order valence-corrected chi connectivity index (χ4v) is 1.42. The van der Waals surface area contributed by atoms with Crippen molar-refractivity contribution in [2.45, 2.75) is 39.7 Å². The summed E-state index contributed by atoms with van der Waals surface area (Å²) >= 11 is 0. The summed E-state index contributed by atoms with van der Waals surface area (Å²) in [6.45, 7) is 6.76. The Bertz CT molecular complexity index is 126. The number of nitrogens with zero attached hydrogens (tertiary/aromatic N) is 1. The summed E-state index contributed by atoms with van der Waals surface area (Å²) in [5.74, 6) is 0.315. The highest BCUT2D eigenvalue weighted by molar-refractivity contribution is 5.81. The first-order valence-corrected chi connectivity index (χ1v) is 4.42. The summed E-state index contributed by atoms with van der Waals surface area (Å²) in [6, 6.07) is 0.227. The molecular weight excluding hydrogens is 152 g/mol. The van der Waals surface area contributed by atoms with Crippen LogP contribution >= 0.6 is 0 Å². The lowest BCUT2D eigenvalue weighted by Crippen LogP contribution is -2.30. The molecule has 1 unspecified atom stereocenters. The standard InChI is InChI=1S/C7H13NO.C2H6.H3N/c1-6(9)7-4-3-5-8(7)2;1-2;/h7H,3-5H2,1-2H3;1-2H3;1H3. The molecule has 0 radical (unpaired) electrons. The van der Waals surface area contributed by atoms with Gasteiger partial charge in [-0.05, 0) is 33.4 Å². The predicted molar refractivity (Wildman–Crippen MR) is 52.7 cm³/mol. The molecule has 0 bridgehead atoms. The number of ketones is 1. The van der Waals surface area contributed by atoms with Crippen LogP contribution in [0.25, 0.3) is 0 Å². The van der Waals surface area contributed by atoms with Gasteiger partial charge >= 0.3 is 0 Å². The van der Waals surface area contributed by atoms with E-state index < -0.39 is 0 Å². The zero-order chi connectivity index (χ0) is 8.85. The van der Waals surface area contributed by atoms with Gasteiger partial charge in [-0.25, -0.2) is 0 Å². The van der Waals surface area contributed by atoms with E-state index in [9.17, 15) is 4.79 Å². The maximum Gasteiger partial charge on any atom is 0.146 e. The van der Waals surface area contributed by atoms with E-state index >= 15 is 0 Å². The van der Waals surface area contributed by atoms with Crippen LogP contribution in [0.3, 0.4) is 0 Å². The molecule has 3 N–H and O–H groups in total. The molecule has 1 rings (SSSR count). The summed E-state index contributed by atoms with van der Waals surface area (Å²) in [5, 5.41) is 0. The van der Waals surface area contributed by atoms with E-state index in [1.807, 2.05) is 20.9 Å². The topological polar surface area (TPSA) is 55.3 Å². The molecule has 0 amide bonds. The van der Waals surface area contributed by atoms with Gasteiger partial charge in [0.25, 0.3) is 0 Å². The fraction of sp³-hybridized carbons (Fsp3) is 0.889. The molecule has 1 fully saturated rings. The van der Waals surface area contributed by atoms with Gasteiger partial charge in [-0.15, -0.1) is 0 Å². The number of likely N-dealkylation sites (N-methyl/N-ethyl adjacent to an activating group) is 1. The van der Waals surface area contributed by atoms with Crippen molar-refractivity contribution in [1.82, 2.24) is 11.1 Å². The van der Waals surface area contributed by atoms with E-state index in [-0.39, 0.29) is 12.2 Å². The third kappa shape index (κ3) is 3.83. The van der Waals surface area contributed by atoms with Crippen LogP contribution < -0.4 is 6.15 Å². The first-order valence-electron chi connectivity index (χ1n) is 4.42. The fourth-order valence-electron chi connectivity index (χ4n) is 1.42. The average Bonchev–Trinajstić information content (AvgIpc) is 2.39. The SMILES string of the molecule is CC.CC(=O)C1CCCN1C.N. The average molecular weight is 174 g/mol. The van der Waals surface area contributed by atoms with Crippen LogP contribution in [0.15, 0.2) is 0 Å². The molecule has 0 aromatic rings. The Balaban J connectivity index is 0. The Kier molecular flexibility index (Phi) is 8.54. The highest BCUT2D eigenvalue weighted by Crippen LogP contribution is 2.14. The monoisotopic (exact) mass is 174 g/mol. The second-order valence-corrected chi connectivity index (χ2v) is 2.75. The lowest BCUT2D eigenvalue weighted by Gasteiger charge is -2.14. The third-order valence-electron chi connectivity index (χ3n) is 1.99. The highest BCUT2D eigenvalue weighted by atomic mass is 16.1. The second-order valence-electron chi connectivity index (χ2n) is 2.75. The van der Waals surface area contributed by atoms with E-state index in [0.29, 0.717) is 5.78 Å². The van der Waals surface area contributed by atoms with Crippen molar-refractivity contribution in [3.8, 4) is 0 Å². The number of carbonyl (C=O) groups is 1. The number of hydrogen-bond acceptors (Lipinski definition) is 3. The van der Waals surface area contributed by atoms with Crippen LogP contribution in [0, 0.1) is 0 Å². The van der Waals surface area contributed by atoms with E-state index in [1.165, 1.54) is 6.42 Å². The molecule has 1 saturated heterocycles. The van der Waals surface area contributed by atoms with E-state index in [0.717, 1.165) is 13.0 Å². The molecule has 0 aliphatic carbocycles. The van der Waals surface area contributed by atoms with Gasteiger partial charge in [-0.1, -0.05) is 13.8 Å². The summed E-state index contributed by atoms with van der Waals surface area (Å²) < 4.78 is 0. The Morgan fingerprint density at radius 1 is 1.42 bits per heavy atom. The maximum atomic E-state index is 10.8. The molecule has 3 nitrogen and oxygen atoms in total. The molecule has 0 saturated carbocycles. The molecule has 12 heavy (non-hydrogen) atoms. The maximum absolute atomic E-state index is 10.8. The van der Waals surface area contributed by atoms with Crippen molar-refractivity contribution in [2.24, 2.45) is 0 Å². The third-order valence-corrected chi connectivity index (χ3v) is 1.99. The van der Waals surface area contributed by atoms with Crippen LogP contribution in [0.4, 0.5) is 0 Å². The van der Waals surface area contributed by atoms with Crippen LogP contribution in [0.2, 0.25) is 0 Å². The first kappa shape index (κ1) is 14.1. The van der Waals surface area contributed by atoms with E-state index in [4.69, 9.17) is 0 Å². The molecule has 0 spiro atoms. The summed E-state index contributed by atoms with van der Waals surface area (Å²) in [4.78, 5) is 12.9. The predicted octanol–water partition coefficient (Wildman–Crippen LogP) is 1.86. The van der Waals surface area contributed by atoms with Gasteiger partial charge in [0.05, 0.1) is 6.04 Å². The van der Waals surface area contributed by atoms with Crippen molar-refractivity contribution in [2.75, 3.05) is 13.6 Å². The lowest BCUT2D eigenvalue weighted by molar-refractivity contribution is -0.120. The minimum Gasteiger partial charge on any atom is -0.344 e. The first-order chi connectivity index (χ1) is 5.22. The zero-order valence-corrected chi connectivity index (χ0v) is 8.76. The van der Waals surface area contributed by atoms with Gasteiger partial charge < -0.3 is 6.15 Å². The van der Waals surface area contributed by atoms with Crippen molar-refractivity contribution in [1.29, 1.82) is 0 Å². The molecule has 74 valence electrons. The lowest BCUT2D eigenvalue weighted by atomic mass is 10.1. The molecule has 0 aromatic heterocycles. The van der Waals surface area contributed by atoms with Crippen LogP contribution in [0.5, 0.6) is 0 Å². The van der Waals surface area contributed by atoms with Gasteiger partial charge in [0, 0.05) is 0 Å². The molecule has 1 aliphatic heterocycles. The number of Topliss-reactive ketones (excluding diaryl/α,β-unsaturated/α-hetero) is 1. The normalized spacial score (nSPS) is 22.2. The zero-order valence-electron chi connectivity index (χ0n) is 8.76. The molecule has 1 aliphatic rings. The summed E-state index contributed by atoms with van der Waals surface area (Å²) in [6.07, 6.45) is 2.24. The van der Waals surface area contributed by atoms with Crippen molar-refractivity contribution in [3.63, 3.8) is 0 Å².